The Morgan fingerprint density at radius 2 is 2.00 bits per heavy atom. The van der Waals surface area contributed by atoms with Crippen molar-refractivity contribution in [3.05, 3.63) is 34.2 Å². The minimum atomic E-state index is -1.07. The van der Waals surface area contributed by atoms with Gasteiger partial charge in [0, 0.05) is 12.3 Å². The predicted octanol–water partition coefficient (Wildman–Crippen LogP) is 1.02. The number of carbonyl (C=O) groups is 1. The van der Waals surface area contributed by atoms with Crippen molar-refractivity contribution < 1.29 is 15.0 Å². The largest absolute Gasteiger partial charge is 0.478 e. The minimum absolute atomic E-state index is 0.0716. The Kier molecular flexibility index (Phi) is 3.28. The number of aromatic carboxylic acids is 1. The van der Waals surface area contributed by atoms with E-state index in [0.717, 1.165) is 12.8 Å². The molecule has 1 saturated carbocycles. The topological polar surface area (TPSA) is 79.5 Å². The molecule has 2 unspecified atom stereocenters. The number of aromatic nitrogens is 1. The SMILES string of the molecule is O=C(O)c1ccc(=O)n(C2CCCCC2O)c1. The highest BCUT2D eigenvalue weighted by Gasteiger charge is 2.25. The molecule has 2 rings (SSSR count). The van der Waals surface area contributed by atoms with Gasteiger partial charge in [0.25, 0.3) is 5.56 Å². The Morgan fingerprint density at radius 1 is 1.29 bits per heavy atom. The molecule has 0 aromatic carbocycles. The quantitative estimate of drug-likeness (QED) is 0.804. The van der Waals surface area contributed by atoms with E-state index < -0.39 is 12.1 Å². The van der Waals surface area contributed by atoms with E-state index in [2.05, 4.69) is 0 Å². The van der Waals surface area contributed by atoms with E-state index in [-0.39, 0.29) is 17.2 Å². The third kappa shape index (κ3) is 2.39. The van der Waals surface area contributed by atoms with Crippen LogP contribution in [0.5, 0.6) is 0 Å². The number of aliphatic hydroxyl groups excluding tert-OH is 1. The fraction of sp³-hybridized carbons (Fsp3) is 0.500. The van der Waals surface area contributed by atoms with Crippen LogP contribution in [0.1, 0.15) is 42.1 Å². The van der Waals surface area contributed by atoms with Gasteiger partial charge in [0.05, 0.1) is 17.7 Å². The maximum atomic E-state index is 11.7. The molecule has 0 bridgehead atoms. The standard InChI is InChI=1S/C12H15NO4/c14-10-4-2-1-3-9(10)13-7-8(12(16)17)5-6-11(13)15/h5-7,9-10,14H,1-4H2,(H,16,17). The van der Waals surface area contributed by atoms with E-state index in [1.807, 2.05) is 0 Å². The van der Waals surface area contributed by atoms with Crippen LogP contribution >= 0.6 is 0 Å². The van der Waals surface area contributed by atoms with Crippen molar-refractivity contribution in [3.8, 4) is 0 Å². The first-order chi connectivity index (χ1) is 8.09. The fourth-order valence-corrected chi connectivity index (χ4v) is 2.31. The molecule has 1 aliphatic rings. The summed E-state index contributed by atoms with van der Waals surface area (Å²) in [6.07, 6.45) is 4.03. The lowest BCUT2D eigenvalue weighted by atomic mass is 9.92. The molecule has 2 N–H and O–H groups in total. The molecule has 1 aromatic heterocycles. The molecule has 5 nitrogen and oxygen atoms in total. The average molecular weight is 237 g/mol. The van der Waals surface area contributed by atoms with Crippen molar-refractivity contribution in [2.24, 2.45) is 0 Å². The van der Waals surface area contributed by atoms with Crippen LogP contribution in [0, 0.1) is 0 Å². The second kappa shape index (κ2) is 4.71. The molecule has 1 fully saturated rings. The maximum Gasteiger partial charge on any atom is 0.337 e. The highest BCUT2D eigenvalue weighted by atomic mass is 16.4. The molecule has 1 aliphatic carbocycles. The van der Waals surface area contributed by atoms with Crippen molar-refractivity contribution in [2.45, 2.75) is 37.8 Å². The molecular formula is C12H15NO4. The lowest BCUT2D eigenvalue weighted by Gasteiger charge is -2.29. The molecule has 0 radical (unpaired) electrons. The number of hydrogen-bond donors (Lipinski definition) is 2. The summed E-state index contributed by atoms with van der Waals surface area (Å²) in [5.74, 6) is -1.07. The first-order valence-corrected chi connectivity index (χ1v) is 5.73. The number of aliphatic hydroxyl groups is 1. The van der Waals surface area contributed by atoms with Crippen molar-refractivity contribution >= 4 is 5.97 Å². The number of pyridine rings is 1. The van der Waals surface area contributed by atoms with Crippen LogP contribution in [0.25, 0.3) is 0 Å². The number of rotatable bonds is 2. The van der Waals surface area contributed by atoms with Crippen molar-refractivity contribution in [3.63, 3.8) is 0 Å². The summed E-state index contributed by atoms with van der Waals surface area (Å²) in [5, 5.41) is 18.8. The van der Waals surface area contributed by atoms with Crippen molar-refractivity contribution in [1.29, 1.82) is 0 Å². The summed E-state index contributed by atoms with van der Waals surface area (Å²) in [6.45, 7) is 0. The second-order valence-corrected chi connectivity index (χ2v) is 4.39. The van der Waals surface area contributed by atoms with E-state index in [1.165, 1.54) is 22.9 Å². The third-order valence-electron chi connectivity index (χ3n) is 3.24. The van der Waals surface area contributed by atoms with Gasteiger partial charge in [-0.2, -0.15) is 0 Å². The summed E-state index contributed by atoms with van der Waals surface area (Å²) in [5.41, 5.74) is -0.191. The second-order valence-electron chi connectivity index (χ2n) is 4.39. The molecule has 0 amide bonds. The highest BCUT2D eigenvalue weighted by molar-refractivity contribution is 5.87. The molecule has 1 aromatic rings. The monoisotopic (exact) mass is 237 g/mol. The van der Waals surface area contributed by atoms with Crippen LogP contribution in [0.3, 0.4) is 0 Å². The maximum absolute atomic E-state index is 11.7. The Balaban J connectivity index is 2.39. The van der Waals surface area contributed by atoms with Gasteiger partial charge in [0.2, 0.25) is 0 Å². The van der Waals surface area contributed by atoms with Gasteiger partial charge in [-0.1, -0.05) is 12.8 Å². The molecule has 2 atom stereocenters. The van der Waals surface area contributed by atoms with Gasteiger partial charge in [-0.05, 0) is 18.9 Å². The van der Waals surface area contributed by atoms with Gasteiger partial charge >= 0.3 is 5.97 Å². The highest BCUT2D eigenvalue weighted by Crippen LogP contribution is 2.27. The lowest BCUT2D eigenvalue weighted by molar-refractivity contribution is 0.0675. The molecule has 0 spiro atoms. The van der Waals surface area contributed by atoms with Gasteiger partial charge in [0.15, 0.2) is 0 Å². The molecule has 1 heterocycles. The van der Waals surface area contributed by atoms with E-state index >= 15 is 0 Å². The molecule has 92 valence electrons. The molecule has 0 aliphatic heterocycles. The smallest absolute Gasteiger partial charge is 0.337 e. The Labute approximate surface area is 98.3 Å². The zero-order valence-corrected chi connectivity index (χ0v) is 9.37. The number of hydrogen-bond acceptors (Lipinski definition) is 3. The van der Waals surface area contributed by atoms with Crippen LogP contribution in [0.4, 0.5) is 0 Å². The lowest BCUT2D eigenvalue weighted by Crippen LogP contribution is -2.34. The van der Waals surface area contributed by atoms with Gasteiger partial charge in [-0.3, -0.25) is 4.79 Å². The van der Waals surface area contributed by atoms with Crippen molar-refractivity contribution in [1.82, 2.24) is 4.57 Å². The first kappa shape index (κ1) is 11.9. The van der Waals surface area contributed by atoms with E-state index in [0.29, 0.717) is 12.8 Å². The summed E-state index contributed by atoms with van der Waals surface area (Å²) in [4.78, 5) is 22.5. The summed E-state index contributed by atoms with van der Waals surface area (Å²) < 4.78 is 1.35. The Bertz CT molecular complexity index is 480. The number of carboxylic acid groups (broad SMARTS) is 1. The summed E-state index contributed by atoms with van der Waals surface area (Å²) in [7, 11) is 0. The van der Waals surface area contributed by atoms with E-state index in [1.54, 1.807) is 0 Å². The number of carboxylic acids is 1. The van der Waals surface area contributed by atoms with Gasteiger partial charge in [0.1, 0.15) is 0 Å². The zero-order chi connectivity index (χ0) is 12.4. The van der Waals surface area contributed by atoms with Crippen LogP contribution in [0.2, 0.25) is 0 Å². The first-order valence-electron chi connectivity index (χ1n) is 5.73. The minimum Gasteiger partial charge on any atom is -0.478 e. The van der Waals surface area contributed by atoms with Crippen LogP contribution in [-0.2, 0) is 0 Å². The summed E-state index contributed by atoms with van der Waals surface area (Å²) >= 11 is 0. The predicted molar refractivity (Wildman–Crippen MR) is 61.2 cm³/mol. The molecular weight excluding hydrogens is 222 g/mol. The Morgan fingerprint density at radius 3 is 2.65 bits per heavy atom. The van der Waals surface area contributed by atoms with Gasteiger partial charge < -0.3 is 14.8 Å². The Hall–Kier alpha value is -1.62. The zero-order valence-electron chi connectivity index (χ0n) is 9.37. The fourth-order valence-electron chi connectivity index (χ4n) is 2.31. The summed E-state index contributed by atoms with van der Waals surface area (Å²) in [6, 6.07) is 2.23. The molecule has 0 saturated heterocycles. The van der Waals surface area contributed by atoms with E-state index in [4.69, 9.17) is 5.11 Å². The van der Waals surface area contributed by atoms with Crippen LogP contribution < -0.4 is 5.56 Å². The van der Waals surface area contributed by atoms with Gasteiger partial charge in [-0.25, -0.2) is 4.79 Å². The number of nitrogens with zero attached hydrogens (tertiary/aromatic N) is 1. The van der Waals surface area contributed by atoms with Crippen molar-refractivity contribution in [2.75, 3.05) is 0 Å². The van der Waals surface area contributed by atoms with Crippen LogP contribution in [0.15, 0.2) is 23.1 Å². The average Bonchev–Trinajstić information content (AvgIpc) is 2.30. The molecule has 17 heavy (non-hydrogen) atoms. The molecule has 5 heteroatoms. The van der Waals surface area contributed by atoms with E-state index in [9.17, 15) is 14.7 Å². The van der Waals surface area contributed by atoms with Crippen LogP contribution in [-0.4, -0.2) is 26.9 Å². The normalized spacial score (nSPS) is 24.5. The van der Waals surface area contributed by atoms with Gasteiger partial charge in [-0.15, -0.1) is 0 Å². The third-order valence-corrected chi connectivity index (χ3v) is 3.24.